The third kappa shape index (κ3) is 11.8. The summed E-state index contributed by atoms with van der Waals surface area (Å²) in [5.74, 6) is -2.10. The molecule has 1 aliphatic rings. The molecule has 0 bridgehead atoms. The smallest absolute Gasteiger partial charge is 0.333 e. The highest BCUT2D eigenvalue weighted by atomic mass is 28.3. The van der Waals surface area contributed by atoms with E-state index < -0.39 is 31.6 Å². The Labute approximate surface area is 334 Å². The number of hydrogen-bond acceptors (Lipinski definition) is 6. The van der Waals surface area contributed by atoms with Gasteiger partial charge in [0.25, 0.3) is 0 Å². The van der Waals surface area contributed by atoms with Gasteiger partial charge in [-0.15, -0.1) is 0 Å². The van der Waals surface area contributed by atoms with Crippen LogP contribution in [0, 0.1) is 23.5 Å². The maximum Gasteiger partial charge on any atom is 0.333 e. The standard InChI is InChI=1S/C47H62F2O6Si/c1-8-9-10-12-33-14-16-35(17-15-33)36-18-20-37(21-19-36)41-22-23-42(44(49)43(41)48)38-25-39(29-54-46(52)31(2)3)45(40(26-38)30-55-47(53)32(4)5)56(6,7)24-11-13-34(27-50)28-51/h18-23,25-26,33-35,50-51H,2,4,8-17,24,27-30H2,1,3,5-7H3. The molecule has 2 N–H and O–H groups in total. The van der Waals surface area contributed by atoms with Crippen LogP contribution in [0.5, 0.6) is 0 Å². The number of carbonyl (C=O) groups excluding carboxylic acids is 2. The summed E-state index contributed by atoms with van der Waals surface area (Å²) >= 11 is 0. The van der Waals surface area contributed by atoms with Crippen molar-refractivity contribution < 1.29 is 38.1 Å². The molecule has 1 fully saturated rings. The van der Waals surface area contributed by atoms with Crippen molar-refractivity contribution in [1.29, 1.82) is 0 Å². The quantitative estimate of drug-likeness (QED) is 0.0513. The Morgan fingerprint density at radius 1 is 0.786 bits per heavy atom. The van der Waals surface area contributed by atoms with E-state index in [9.17, 15) is 19.8 Å². The summed E-state index contributed by atoms with van der Waals surface area (Å²) in [6, 6.07) is 15.2. The van der Waals surface area contributed by atoms with Crippen molar-refractivity contribution >= 4 is 25.2 Å². The van der Waals surface area contributed by atoms with Crippen LogP contribution in [0.15, 0.2) is 72.8 Å². The Morgan fingerprint density at radius 2 is 1.30 bits per heavy atom. The zero-order valence-electron chi connectivity index (χ0n) is 34.2. The van der Waals surface area contributed by atoms with E-state index in [0.717, 1.165) is 30.0 Å². The van der Waals surface area contributed by atoms with Crippen molar-refractivity contribution in [3.8, 4) is 22.3 Å². The molecule has 56 heavy (non-hydrogen) atoms. The van der Waals surface area contributed by atoms with Crippen LogP contribution in [0.2, 0.25) is 19.1 Å². The van der Waals surface area contributed by atoms with Gasteiger partial charge in [-0.05, 0) is 103 Å². The number of ether oxygens (including phenoxy) is 2. The minimum absolute atomic E-state index is 0.0262. The van der Waals surface area contributed by atoms with Gasteiger partial charge in [0.1, 0.15) is 13.2 Å². The lowest BCUT2D eigenvalue weighted by Gasteiger charge is -2.30. The summed E-state index contributed by atoms with van der Waals surface area (Å²) in [6.45, 7) is 16.5. The summed E-state index contributed by atoms with van der Waals surface area (Å²) in [4.78, 5) is 25.2. The minimum Gasteiger partial charge on any atom is -0.457 e. The average molecular weight is 789 g/mol. The molecule has 4 rings (SSSR count). The molecule has 1 saturated carbocycles. The zero-order chi connectivity index (χ0) is 41.0. The Bertz CT molecular complexity index is 1770. The summed E-state index contributed by atoms with van der Waals surface area (Å²) in [7, 11) is -2.45. The molecule has 0 amide bonds. The van der Waals surface area contributed by atoms with Gasteiger partial charge in [-0.1, -0.05) is 108 Å². The molecule has 304 valence electrons. The highest BCUT2D eigenvalue weighted by Crippen LogP contribution is 2.39. The van der Waals surface area contributed by atoms with Crippen LogP contribution in [-0.4, -0.2) is 43.4 Å². The van der Waals surface area contributed by atoms with Crippen LogP contribution in [-0.2, 0) is 32.3 Å². The van der Waals surface area contributed by atoms with Crippen LogP contribution in [0.25, 0.3) is 22.3 Å². The van der Waals surface area contributed by atoms with E-state index in [1.165, 1.54) is 44.1 Å². The molecule has 3 aromatic carbocycles. The predicted octanol–water partition coefficient (Wildman–Crippen LogP) is 10.7. The molecule has 3 aromatic rings. The number of aliphatic hydroxyl groups excluding tert-OH is 2. The van der Waals surface area contributed by atoms with Crippen LogP contribution in [0.1, 0.15) is 108 Å². The highest BCUT2D eigenvalue weighted by molar-refractivity contribution is 6.90. The number of carbonyl (C=O) groups is 2. The number of halogens is 2. The third-order valence-corrected chi connectivity index (χ3v) is 15.1. The van der Waals surface area contributed by atoms with Crippen molar-refractivity contribution in [3.63, 3.8) is 0 Å². The Hall–Kier alpha value is -3.92. The molecule has 6 nitrogen and oxygen atoms in total. The molecule has 1 aliphatic carbocycles. The van der Waals surface area contributed by atoms with E-state index in [1.54, 1.807) is 38.1 Å². The number of unbranched alkanes of at least 4 members (excludes halogenated alkanes) is 2. The average Bonchev–Trinajstić information content (AvgIpc) is 3.18. The van der Waals surface area contributed by atoms with Crippen molar-refractivity contribution in [3.05, 3.63) is 101 Å². The van der Waals surface area contributed by atoms with Gasteiger partial charge in [-0.2, -0.15) is 0 Å². The number of esters is 2. The van der Waals surface area contributed by atoms with E-state index in [0.29, 0.717) is 41.0 Å². The lowest BCUT2D eigenvalue weighted by Crippen LogP contribution is -2.46. The first kappa shape index (κ1) is 44.8. The van der Waals surface area contributed by atoms with Gasteiger partial charge in [0.15, 0.2) is 11.6 Å². The fourth-order valence-corrected chi connectivity index (χ4v) is 11.5. The lowest BCUT2D eigenvalue weighted by atomic mass is 9.77. The fourth-order valence-electron chi connectivity index (χ4n) is 8.15. The van der Waals surface area contributed by atoms with E-state index in [1.807, 2.05) is 12.1 Å². The van der Waals surface area contributed by atoms with Crippen molar-refractivity contribution in [2.24, 2.45) is 11.8 Å². The molecule has 0 unspecified atom stereocenters. The molecular weight excluding hydrogens is 727 g/mol. The van der Waals surface area contributed by atoms with Crippen LogP contribution >= 0.6 is 0 Å². The van der Waals surface area contributed by atoms with Crippen molar-refractivity contribution in [2.45, 2.75) is 123 Å². The van der Waals surface area contributed by atoms with Gasteiger partial charge in [0, 0.05) is 41.4 Å². The number of aliphatic hydroxyl groups is 2. The van der Waals surface area contributed by atoms with Gasteiger partial charge in [-0.3, -0.25) is 0 Å². The second-order valence-corrected chi connectivity index (χ2v) is 21.3. The summed E-state index contributed by atoms with van der Waals surface area (Å²) < 4.78 is 43.7. The summed E-state index contributed by atoms with van der Waals surface area (Å²) in [5.41, 5.74) is 4.02. The molecule has 0 aliphatic heterocycles. The lowest BCUT2D eigenvalue weighted by molar-refractivity contribution is -0.140. The molecule has 0 aromatic heterocycles. The first-order valence-electron chi connectivity index (χ1n) is 20.3. The van der Waals surface area contributed by atoms with Gasteiger partial charge in [0.05, 0.1) is 8.07 Å². The normalized spacial score (nSPS) is 15.8. The first-order chi connectivity index (χ1) is 26.7. The van der Waals surface area contributed by atoms with Crippen LogP contribution in [0.3, 0.4) is 0 Å². The molecule has 0 atom stereocenters. The second kappa shape index (κ2) is 21.0. The largest absolute Gasteiger partial charge is 0.457 e. The monoisotopic (exact) mass is 788 g/mol. The zero-order valence-corrected chi connectivity index (χ0v) is 35.2. The fraction of sp³-hybridized carbons (Fsp3) is 0.489. The van der Waals surface area contributed by atoms with E-state index in [4.69, 9.17) is 9.47 Å². The number of benzene rings is 3. The maximum absolute atomic E-state index is 16.3. The van der Waals surface area contributed by atoms with Gasteiger partial charge < -0.3 is 19.7 Å². The third-order valence-electron chi connectivity index (χ3n) is 11.5. The molecule has 0 spiro atoms. The molecule has 0 radical (unpaired) electrons. The Kier molecular flexibility index (Phi) is 16.8. The summed E-state index contributed by atoms with van der Waals surface area (Å²) in [5, 5.41) is 20.1. The second-order valence-electron chi connectivity index (χ2n) is 16.5. The first-order valence-corrected chi connectivity index (χ1v) is 23.5. The molecule has 9 heteroatoms. The van der Waals surface area contributed by atoms with Gasteiger partial charge in [0.2, 0.25) is 0 Å². The topological polar surface area (TPSA) is 93.1 Å². The molecule has 0 heterocycles. The SMILES string of the molecule is C=C(C)C(=O)OCc1cc(-c2ccc(-c3ccc(C4CCC(CCCCC)CC4)cc3)c(F)c2F)cc(COC(=O)C(=C)C)c1[Si](C)(C)CCCC(CO)CO. The van der Waals surface area contributed by atoms with E-state index in [2.05, 4.69) is 45.3 Å². The predicted molar refractivity (Wildman–Crippen MR) is 224 cm³/mol. The van der Waals surface area contributed by atoms with Gasteiger partial charge >= 0.3 is 11.9 Å². The summed E-state index contributed by atoms with van der Waals surface area (Å²) in [6.07, 6.45) is 11.3. The van der Waals surface area contributed by atoms with E-state index in [-0.39, 0.29) is 54.6 Å². The number of rotatable bonds is 20. The highest BCUT2D eigenvalue weighted by Gasteiger charge is 2.31. The van der Waals surface area contributed by atoms with Gasteiger partial charge in [-0.25, -0.2) is 18.4 Å². The molecular formula is C47H62F2O6Si. The molecule has 0 saturated heterocycles. The Morgan fingerprint density at radius 3 is 1.79 bits per heavy atom. The minimum atomic E-state index is -2.45. The van der Waals surface area contributed by atoms with Crippen LogP contribution < -0.4 is 5.19 Å². The van der Waals surface area contributed by atoms with Crippen molar-refractivity contribution in [1.82, 2.24) is 0 Å². The van der Waals surface area contributed by atoms with Crippen molar-refractivity contribution in [2.75, 3.05) is 13.2 Å². The Balaban J connectivity index is 1.70. The van der Waals surface area contributed by atoms with Crippen LogP contribution in [0.4, 0.5) is 8.78 Å². The van der Waals surface area contributed by atoms with E-state index >= 15 is 8.78 Å². The number of hydrogen-bond donors (Lipinski definition) is 2. The maximum atomic E-state index is 16.3.